The van der Waals surface area contributed by atoms with Crippen LogP contribution < -0.4 is 10.5 Å². The fourth-order valence-corrected chi connectivity index (χ4v) is 2.79. The van der Waals surface area contributed by atoms with Crippen LogP contribution in [0, 0.1) is 5.92 Å². The van der Waals surface area contributed by atoms with Crippen molar-refractivity contribution in [3.8, 4) is 11.4 Å². The minimum absolute atomic E-state index is 0.336. The Balaban J connectivity index is 2.15. The molecule has 0 aliphatic heterocycles. The van der Waals surface area contributed by atoms with Gasteiger partial charge in [0.15, 0.2) is 5.82 Å². The van der Waals surface area contributed by atoms with Crippen molar-refractivity contribution < 1.29 is 9.53 Å². The average Bonchev–Trinajstić information content (AvgIpc) is 3.23. The zero-order valence-electron chi connectivity index (χ0n) is 13.7. The maximum absolute atomic E-state index is 12.0. The molecule has 1 amide bonds. The van der Waals surface area contributed by atoms with Gasteiger partial charge in [0.05, 0.1) is 7.11 Å². The number of hydrogen-bond donors (Lipinski definition) is 1. The van der Waals surface area contributed by atoms with E-state index in [4.69, 9.17) is 10.5 Å². The van der Waals surface area contributed by atoms with Gasteiger partial charge in [-0.3, -0.25) is 4.79 Å². The van der Waals surface area contributed by atoms with Gasteiger partial charge in [-0.2, -0.15) is 5.10 Å². The molecule has 0 bridgehead atoms. The van der Waals surface area contributed by atoms with Crippen LogP contribution in [0.25, 0.3) is 5.69 Å². The van der Waals surface area contributed by atoms with Gasteiger partial charge in [0.1, 0.15) is 22.7 Å². The maximum Gasteiger partial charge on any atom is 0.231 e. The Morgan fingerprint density at radius 2 is 2.09 bits per heavy atom. The summed E-state index contributed by atoms with van der Waals surface area (Å²) in [6.07, 6.45) is 2.19. The lowest BCUT2D eigenvalue weighted by Crippen LogP contribution is -2.31. The van der Waals surface area contributed by atoms with E-state index in [9.17, 15) is 4.79 Å². The first-order valence-electron chi connectivity index (χ1n) is 7.87. The van der Waals surface area contributed by atoms with Gasteiger partial charge in [-0.15, -0.1) is 0 Å². The first kappa shape index (κ1) is 15.5. The second-order valence-corrected chi connectivity index (χ2v) is 6.48. The van der Waals surface area contributed by atoms with E-state index in [1.54, 1.807) is 11.8 Å². The molecule has 0 atom stereocenters. The van der Waals surface area contributed by atoms with Gasteiger partial charge in [0.25, 0.3) is 0 Å². The van der Waals surface area contributed by atoms with Crippen molar-refractivity contribution in [3.63, 3.8) is 0 Å². The summed E-state index contributed by atoms with van der Waals surface area (Å²) in [6, 6.07) is 7.59. The third-order valence-electron chi connectivity index (χ3n) is 4.20. The minimum atomic E-state index is -0.691. The fourth-order valence-electron chi connectivity index (χ4n) is 2.79. The molecule has 1 saturated carbocycles. The first-order chi connectivity index (χ1) is 11.0. The number of primary amides is 1. The van der Waals surface area contributed by atoms with Crippen LogP contribution in [-0.4, -0.2) is 27.8 Å². The molecule has 1 fully saturated rings. The van der Waals surface area contributed by atoms with Crippen molar-refractivity contribution in [2.24, 2.45) is 11.7 Å². The quantitative estimate of drug-likeness (QED) is 0.884. The Labute approximate surface area is 135 Å². The van der Waals surface area contributed by atoms with Gasteiger partial charge < -0.3 is 10.5 Å². The molecule has 2 aromatic rings. The van der Waals surface area contributed by atoms with Crippen molar-refractivity contribution in [1.82, 2.24) is 14.8 Å². The van der Waals surface area contributed by atoms with E-state index in [-0.39, 0.29) is 5.91 Å². The van der Waals surface area contributed by atoms with Crippen LogP contribution in [0.2, 0.25) is 0 Å². The van der Waals surface area contributed by atoms with E-state index in [0.29, 0.717) is 17.5 Å². The summed E-state index contributed by atoms with van der Waals surface area (Å²) >= 11 is 0. The lowest BCUT2D eigenvalue weighted by atomic mass is 10.1. The number of nitrogens with two attached hydrogens (primary N) is 1. The van der Waals surface area contributed by atoms with Crippen molar-refractivity contribution in [1.29, 1.82) is 0 Å². The molecule has 6 nitrogen and oxygen atoms in total. The highest BCUT2D eigenvalue weighted by Crippen LogP contribution is 2.48. The van der Waals surface area contributed by atoms with Gasteiger partial charge in [-0.1, -0.05) is 26.0 Å². The summed E-state index contributed by atoms with van der Waals surface area (Å²) in [5.74, 6) is 2.14. The molecular formula is C17H22N4O2. The van der Waals surface area contributed by atoms with E-state index in [2.05, 4.69) is 23.9 Å². The summed E-state index contributed by atoms with van der Waals surface area (Å²) in [4.78, 5) is 16.6. The number of hydrogen-bond acceptors (Lipinski definition) is 4. The maximum atomic E-state index is 12.0. The number of rotatable bonds is 6. The number of ether oxygens (including phenoxy) is 1. The number of carbonyl (C=O) groups excluding carboxylic acids is 1. The number of para-hydroxylation sites is 2. The largest absolute Gasteiger partial charge is 0.494 e. The molecule has 1 aromatic carbocycles. The second-order valence-electron chi connectivity index (χ2n) is 6.48. The van der Waals surface area contributed by atoms with E-state index >= 15 is 0 Å². The standard InChI is InChI=1S/C17H22N4O2/c1-11(2)10-14-19-16(17(8-9-17)15(18)22)21(20-14)12-6-4-5-7-13(12)23-3/h4-7,11H,8-10H2,1-3H3,(H2,18,22). The second kappa shape index (κ2) is 5.68. The molecule has 122 valence electrons. The van der Waals surface area contributed by atoms with Gasteiger partial charge in [0.2, 0.25) is 5.91 Å². The lowest BCUT2D eigenvalue weighted by molar-refractivity contribution is -0.120. The highest BCUT2D eigenvalue weighted by molar-refractivity contribution is 5.89. The smallest absolute Gasteiger partial charge is 0.231 e. The van der Waals surface area contributed by atoms with Crippen LogP contribution in [0.3, 0.4) is 0 Å². The average molecular weight is 314 g/mol. The number of amides is 1. The minimum Gasteiger partial charge on any atom is -0.494 e. The molecule has 1 aromatic heterocycles. The van der Waals surface area contributed by atoms with Gasteiger partial charge in [0, 0.05) is 6.42 Å². The zero-order valence-corrected chi connectivity index (χ0v) is 13.7. The van der Waals surface area contributed by atoms with Crippen molar-refractivity contribution in [2.75, 3.05) is 7.11 Å². The molecule has 0 spiro atoms. The summed E-state index contributed by atoms with van der Waals surface area (Å²) < 4.78 is 7.16. The predicted octanol–water partition coefficient (Wildman–Crippen LogP) is 1.99. The number of carbonyl (C=O) groups is 1. The van der Waals surface area contributed by atoms with Crippen LogP contribution in [0.5, 0.6) is 5.75 Å². The highest BCUT2D eigenvalue weighted by Gasteiger charge is 2.54. The highest BCUT2D eigenvalue weighted by atomic mass is 16.5. The molecule has 6 heteroatoms. The predicted molar refractivity (Wildman–Crippen MR) is 86.6 cm³/mol. The number of benzene rings is 1. The summed E-state index contributed by atoms with van der Waals surface area (Å²) in [7, 11) is 1.62. The van der Waals surface area contributed by atoms with Crippen LogP contribution in [0.4, 0.5) is 0 Å². The summed E-state index contributed by atoms with van der Waals surface area (Å²) in [6.45, 7) is 4.23. The fraction of sp³-hybridized carbons (Fsp3) is 0.471. The van der Waals surface area contributed by atoms with E-state index in [1.165, 1.54) is 0 Å². The Bertz CT molecular complexity index is 732. The summed E-state index contributed by atoms with van der Waals surface area (Å²) in [5.41, 5.74) is 5.73. The molecule has 1 aliphatic carbocycles. The first-order valence-corrected chi connectivity index (χ1v) is 7.87. The van der Waals surface area contributed by atoms with Crippen LogP contribution in [0.15, 0.2) is 24.3 Å². The van der Waals surface area contributed by atoms with Crippen LogP contribution in [0.1, 0.15) is 38.3 Å². The molecule has 0 radical (unpaired) electrons. The zero-order chi connectivity index (χ0) is 16.6. The molecular weight excluding hydrogens is 292 g/mol. The SMILES string of the molecule is COc1ccccc1-n1nc(CC(C)C)nc1C1(C(N)=O)CC1. The van der Waals surface area contributed by atoms with Crippen LogP contribution in [-0.2, 0) is 16.6 Å². The summed E-state index contributed by atoms with van der Waals surface area (Å²) in [5, 5.41) is 4.64. The Morgan fingerprint density at radius 3 is 2.65 bits per heavy atom. The van der Waals surface area contributed by atoms with E-state index in [0.717, 1.165) is 30.8 Å². The van der Waals surface area contributed by atoms with Crippen LogP contribution >= 0.6 is 0 Å². The number of methoxy groups -OCH3 is 1. The molecule has 0 unspecified atom stereocenters. The monoisotopic (exact) mass is 314 g/mol. The lowest BCUT2D eigenvalue weighted by Gasteiger charge is -2.14. The Kier molecular flexibility index (Phi) is 3.83. The van der Waals surface area contributed by atoms with Crippen molar-refractivity contribution in [2.45, 2.75) is 38.5 Å². The Hall–Kier alpha value is -2.37. The molecule has 1 aliphatic rings. The van der Waals surface area contributed by atoms with E-state index < -0.39 is 5.41 Å². The Morgan fingerprint density at radius 1 is 1.39 bits per heavy atom. The topological polar surface area (TPSA) is 83.0 Å². The normalized spacial score (nSPS) is 15.7. The third kappa shape index (κ3) is 2.69. The van der Waals surface area contributed by atoms with Crippen molar-refractivity contribution >= 4 is 5.91 Å². The van der Waals surface area contributed by atoms with Gasteiger partial charge in [-0.25, -0.2) is 9.67 Å². The molecule has 3 rings (SSSR count). The number of aromatic nitrogens is 3. The molecule has 0 saturated heterocycles. The molecule has 2 N–H and O–H groups in total. The number of nitrogens with zero attached hydrogens (tertiary/aromatic N) is 3. The van der Waals surface area contributed by atoms with Crippen molar-refractivity contribution in [3.05, 3.63) is 35.9 Å². The van der Waals surface area contributed by atoms with E-state index in [1.807, 2.05) is 24.3 Å². The molecule has 1 heterocycles. The molecule has 23 heavy (non-hydrogen) atoms. The third-order valence-corrected chi connectivity index (χ3v) is 4.20. The van der Waals surface area contributed by atoms with Gasteiger partial charge in [-0.05, 0) is 30.9 Å². The van der Waals surface area contributed by atoms with Gasteiger partial charge >= 0.3 is 0 Å².